The van der Waals surface area contributed by atoms with Crippen molar-refractivity contribution in [3.63, 3.8) is 0 Å². The zero-order valence-corrected chi connectivity index (χ0v) is 18.3. The molecule has 3 rings (SSSR count). The average molecular weight is 458 g/mol. The molecule has 2 aliphatic rings. The van der Waals surface area contributed by atoms with Crippen molar-refractivity contribution in [2.75, 3.05) is 0 Å². The summed E-state index contributed by atoms with van der Waals surface area (Å²) in [5.74, 6) is 0. The van der Waals surface area contributed by atoms with Crippen molar-refractivity contribution in [2.45, 2.75) is 88.9 Å². The minimum atomic E-state index is -1.26. The van der Waals surface area contributed by atoms with Gasteiger partial charge in [-0.05, 0) is 75.5 Å². The number of aryl methyl sites for hydroxylation is 1. The van der Waals surface area contributed by atoms with E-state index in [2.05, 4.69) is 58.9 Å². The molecule has 0 atom stereocenters. The molecule has 0 bridgehead atoms. The fourth-order valence-electron chi connectivity index (χ4n) is 4.84. The zero-order chi connectivity index (χ0) is 17.4. The van der Waals surface area contributed by atoms with Crippen LogP contribution in [0, 0.1) is 6.66 Å². The molecule has 0 aliphatic heterocycles. The van der Waals surface area contributed by atoms with Crippen LogP contribution in [0.1, 0.15) is 76.7 Å². The normalized spacial score (nSPS) is 20.4. The van der Waals surface area contributed by atoms with Gasteiger partial charge in [-0.25, -0.2) is 0 Å². The van der Waals surface area contributed by atoms with Crippen LogP contribution in [0.15, 0.2) is 24.3 Å². The van der Waals surface area contributed by atoms with Gasteiger partial charge in [0.1, 0.15) is 0 Å². The fourth-order valence-corrected chi connectivity index (χ4v) is 9.62. The van der Waals surface area contributed by atoms with E-state index in [1.807, 2.05) is 0 Å². The Kier molecular flexibility index (Phi) is 9.30. The SMILES string of the molecule is [CH2-][P+](c1cccc(CC)c1)(C1CCCCC1)C1CCCCC1.[Cl][Pd+]. The van der Waals surface area contributed by atoms with E-state index in [4.69, 9.17) is 6.66 Å². The van der Waals surface area contributed by atoms with E-state index >= 15 is 0 Å². The van der Waals surface area contributed by atoms with Crippen molar-refractivity contribution in [3.8, 4) is 0 Å². The zero-order valence-electron chi connectivity index (χ0n) is 15.1. The van der Waals surface area contributed by atoms with Gasteiger partial charge in [0.05, 0.1) is 5.30 Å². The number of hydrogen-bond acceptors (Lipinski definition) is 0. The van der Waals surface area contributed by atoms with Gasteiger partial charge in [0.2, 0.25) is 0 Å². The molecule has 24 heavy (non-hydrogen) atoms. The van der Waals surface area contributed by atoms with Crippen LogP contribution < -0.4 is 5.30 Å². The molecule has 0 aromatic heterocycles. The molecule has 0 nitrogen and oxygen atoms in total. The molecule has 0 heterocycles. The van der Waals surface area contributed by atoms with E-state index in [1.54, 1.807) is 5.30 Å². The first kappa shape index (κ1) is 20.9. The Bertz CT molecular complexity index is 460. The third kappa shape index (κ3) is 4.86. The van der Waals surface area contributed by atoms with Crippen molar-refractivity contribution in [3.05, 3.63) is 36.5 Å². The van der Waals surface area contributed by atoms with Crippen LogP contribution in [0.25, 0.3) is 0 Å². The molecule has 2 aliphatic carbocycles. The van der Waals surface area contributed by atoms with Crippen LogP contribution in [-0.2, 0) is 24.6 Å². The summed E-state index contributed by atoms with van der Waals surface area (Å²) in [6.07, 6.45) is 15.6. The van der Waals surface area contributed by atoms with Gasteiger partial charge in [0, 0.05) is 11.3 Å². The van der Waals surface area contributed by atoms with Crippen LogP contribution in [0.4, 0.5) is 0 Å². The molecule has 1 aromatic rings. The summed E-state index contributed by atoms with van der Waals surface area (Å²) in [5, 5.41) is 1.66. The summed E-state index contributed by atoms with van der Waals surface area (Å²) < 4.78 is 0. The van der Waals surface area contributed by atoms with Crippen LogP contribution in [-0.4, -0.2) is 11.3 Å². The van der Waals surface area contributed by atoms with Gasteiger partial charge in [-0.1, -0.05) is 39.2 Å². The first-order valence-electron chi connectivity index (χ1n) is 9.69. The summed E-state index contributed by atoms with van der Waals surface area (Å²) >= 11 is 2.22. The minimum absolute atomic E-state index is 0.913. The number of rotatable bonds is 4. The first-order chi connectivity index (χ1) is 11.7. The Morgan fingerprint density at radius 1 is 0.958 bits per heavy atom. The molecule has 138 valence electrons. The van der Waals surface area contributed by atoms with Gasteiger partial charge in [0.15, 0.2) is 0 Å². The first-order valence-corrected chi connectivity index (χ1v) is 13.8. The van der Waals surface area contributed by atoms with E-state index in [0.717, 1.165) is 17.7 Å². The molecule has 0 unspecified atom stereocenters. The molecule has 3 heteroatoms. The van der Waals surface area contributed by atoms with Crippen molar-refractivity contribution >= 4 is 22.1 Å². The van der Waals surface area contributed by atoms with Gasteiger partial charge in [0.25, 0.3) is 0 Å². The summed E-state index contributed by atoms with van der Waals surface area (Å²) in [6.45, 7) is 7.35. The Labute approximate surface area is 165 Å². The van der Waals surface area contributed by atoms with Gasteiger partial charge in [-0.2, -0.15) is 6.66 Å². The van der Waals surface area contributed by atoms with Crippen LogP contribution in [0.5, 0.6) is 0 Å². The molecule has 0 saturated heterocycles. The summed E-state index contributed by atoms with van der Waals surface area (Å²) in [6, 6.07) is 9.57. The molecule has 0 N–H and O–H groups in total. The molecular formula is C21H33ClPPd+. The van der Waals surface area contributed by atoms with Gasteiger partial charge in [-0.3, -0.25) is 0 Å². The van der Waals surface area contributed by atoms with E-state index in [0.29, 0.717) is 0 Å². The predicted octanol–water partition coefficient (Wildman–Crippen LogP) is 7.04. The Morgan fingerprint density at radius 3 is 1.92 bits per heavy atom. The van der Waals surface area contributed by atoms with Gasteiger partial charge in [-0.15, -0.1) is 0 Å². The molecule has 0 spiro atoms. The van der Waals surface area contributed by atoms with Gasteiger partial charge < -0.3 is 0 Å². The fraction of sp³-hybridized carbons (Fsp3) is 0.667. The average Bonchev–Trinajstić information content (AvgIpc) is 2.70. The Hall–Kier alpha value is 0.602. The van der Waals surface area contributed by atoms with Crippen LogP contribution in [0.2, 0.25) is 0 Å². The maximum atomic E-state index is 5.07. The number of hydrogen-bond donors (Lipinski definition) is 0. The molecule has 2 fully saturated rings. The predicted molar refractivity (Wildman–Crippen MR) is 107 cm³/mol. The topological polar surface area (TPSA) is 0 Å². The number of halogens is 1. The van der Waals surface area contributed by atoms with E-state index in [1.165, 1.54) is 69.8 Å². The third-order valence-corrected chi connectivity index (χ3v) is 11.1. The second-order valence-electron chi connectivity index (χ2n) is 7.54. The Morgan fingerprint density at radius 2 is 1.46 bits per heavy atom. The van der Waals surface area contributed by atoms with E-state index < -0.39 is 7.26 Å². The standard InChI is InChI=1S/C21H33P.ClH.Pd/c1-3-18-11-10-16-21(17-18)22(2,19-12-6-4-7-13-19)20-14-8-5-9-15-20;;/h10-11,16-17,19-20H,2-9,12-15H2,1H3;1H;/q;;+2/p-1. The van der Waals surface area contributed by atoms with E-state index in [-0.39, 0.29) is 0 Å². The number of benzene rings is 1. The molecule has 0 radical (unpaired) electrons. The summed E-state index contributed by atoms with van der Waals surface area (Å²) in [5.41, 5.74) is 3.34. The second kappa shape index (κ2) is 10.7. The summed E-state index contributed by atoms with van der Waals surface area (Å²) in [7, 11) is 3.23. The van der Waals surface area contributed by atoms with Crippen LogP contribution >= 0.6 is 16.8 Å². The van der Waals surface area contributed by atoms with E-state index in [9.17, 15) is 0 Å². The maximum absolute atomic E-state index is 5.07. The molecule has 2 saturated carbocycles. The summed E-state index contributed by atoms with van der Waals surface area (Å²) in [4.78, 5) is 0. The molecule has 0 amide bonds. The molecule has 1 aromatic carbocycles. The van der Waals surface area contributed by atoms with Crippen LogP contribution in [0.3, 0.4) is 0 Å². The molecular weight excluding hydrogens is 425 g/mol. The monoisotopic (exact) mass is 457 g/mol. The van der Waals surface area contributed by atoms with Gasteiger partial charge >= 0.3 is 27.7 Å². The van der Waals surface area contributed by atoms with Crippen molar-refractivity contribution in [2.24, 2.45) is 0 Å². The quantitative estimate of drug-likeness (QED) is 0.258. The van der Waals surface area contributed by atoms with Crippen molar-refractivity contribution in [1.82, 2.24) is 0 Å². The third-order valence-electron chi connectivity index (χ3n) is 6.25. The Balaban J connectivity index is 0.00000100. The van der Waals surface area contributed by atoms with Crippen molar-refractivity contribution < 1.29 is 18.2 Å². The second-order valence-corrected chi connectivity index (χ2v) is 11.4. The van der Waals surface area contributed by atoms with Crippen molar-refractivity contribution in [1.29, 1.82) is 0 Å².